The number of nitrogens with one attached hydrogen (secondary N) is 1. The number of anilines is 1. The minimum Gasteiger partial charge on any atom is -0.482 e. The van der Waals surface area contributed by atoms with Crippen LogP contribution in [0.4, 0.5) is 5.69 Å². The number of fused-ring (bicyclic) bond motifs is 1. The number of aliphatic carboxylic acids is 1. The topological polar surface area (TPSA) is 95.9 Å². The summed E-state index contributed by atoms with van der Waals surface area (Å²) in [6.45, 7) is 1.73. The van der Waals surface area contributed by atoms with Gasteiger partial charge >= 0.3 is 5.97 Å². The van der Waals surface area contributed by atoms with Gasteiger partial charge in [0.15, 0.2) is 6.61 Å². The van der Waals surface area contributed by atoms with Gasteiger partial charge in [0.25, 0.3) is 11.8 Å². The van der Waals surface area contributed by atoms with Gasteiger partial charge in [-0.15, -0.1) is 0 Å². The molecule has 1 aliphatic heterocycles. The van der Waals surface area contributed by atoms with Crippen LogP contribution in [0.2, 0.25) is 0 Å². The molecule has 0 radical (unpaired) electrons. The van der Waals surface area contributed by atoms with Gasteiger partial charge in [-0.05, 0) is 31.5 Å². The molecule has 2 rings (SSSR count). The van der Waals surface area contributed by atoms with E-state index < -0.39 is 17.9 Å². The van der Waals surface area contributed by atoms with E-state index >= 15 is 0 Å². The van der Waals surface area contributed by atoms with Crippen molar-refractivity contribution in [3.8, 4) is 5.75 Å². The highest BCUT2D eigenvalue weighted by Crippen LogP contribution is 2.31. The number of rotatable bonds is 5. The summed E-state index contributed by atoms with van der Waals surface area (Å²) >= 11 is 0. The number of nitrogens with zero attached hydrogens (tertiary/aromatic N) is 1. The molecule has 1 aromatic rings. The van der Waals surface area contributed by atoms with Crippen molar-refractivity contribution in [2.75, 3.05) is 18.6 Å². The fourth-order valence-corrected chi connectivity index (χ4v) is 2.15. The molecular weight excluding hydrogens is 300 g/mol. The van der Waals surface area contributed by atoms with Crippen LogP contribution in [-0.4, -0.2) is 42.6 Å². The number of hydrogen-bond acceptors (Lipinski definition) is 4. The van der Waals surface area contributed by atoms with E-state index in [9.17, 15) is 14.4 Å². The number of carbonyl (C=O) groups is 3. The lowest BCUT2D eigenvalue weighted by Crippen LogP contribution is -2.40. The molecule has 122 valence electrons. The molecule has 1 aromatic carbocycles. The van der Waals surface area contributed by atoms with Gasteiger partial charge in [-0.3, -0.25) is 9.59 Å². The van der Waals surface area contributed by atoms with Crippen molar-refractivity contribution in [1.29, 1.82) is 0 Å². The molecule has 7 heteroatoms. The molecule has 2 N–H and O–H groups in total. The average Bonchev–Trinajstić information content (AvgIpc) is 2.54. The number of benzene rings is 1. The fourth-order valence-electron chi connectivity index (χ4n) is 2.15. The molecular formula is C16H18N2O5. The van der Waals surface area contributed by atoms with Crippen LogP contribution in [0.5, 0.6) is 5.75 Å². The lowest BCUT2D eigenvalue weighted by molar-refractivity contribution is -0.139. The van der Waals surface area contributed by atoms with Gasteiger partial charge in [0.1, 0.15) is 11.8 Å². The van der Waals surface area contributed by atoms with Crippen molar-refractivity contribution in [3.05, 3.63) is 35.9 Å². The Bertz CT molecular complexity index is 668. The Hall–Kier alpha value is -2.83. The second-order valence-electron chi connectivity index (χ2n) is 5.09. The van der Waals surface area contributed by atoms with Crippen LogP contribution in [-0.2, 0) is 9.59 Å². The molecule has 1 atom stereocenters. The molecule has 2 amide bonds. The fraction of sp³-hybridized carbons (Fsp3) is 0.312. The molecule has 7 nitrogen and oxygen atoms in total. The number of carboxylic acids is 1. The minimum atomic E-state index is -1.11. The molecule has 0 fully saturated rings. The van der Waals surface area contributed by atoms with Crippen molar-refractivity contribution in [2.24, 2.45) is 0 Å². The zero-order valence-corrected chi connectivity index (χ0v) is 12.9. The number of amides is 2. The molecule has 0 bridgehead atoms. The molecule has 0 spiro atoms. The van der Waals surface area contributed by atoms with Crippen molar-refractivity contribution >= 4 is 23.5 Å². The van der Waals surface area contributed by atoms with Gasteiger partial charge in [-0.2, -0.15) is 0 Å². The molecule has 0 saturated heterocycles. The van der Waals surface area contributed by atoms with Crippen LogP contribution < -0.4 is 15.0 Å². The average molecular weight is 318 g/mol. The first-order valence-corrected chi connectivity index (χ1v) is 7.12. The zero-order chi connectivity index (χ0) is 17.0. The number of hydrogen-bond donors (Lipinski definition) is 2. The summed E-state index contributed by atoms with van der Waals surface area (Å²) in [6.07, 6.45) is 3.59. The molecule has 0 saturated carbocycles. The van der Waals surface area contributed by atoms with E-state index in [2.05, 4.69) is 5.32 Å². The molecule has 0 aromatic heterocycles. The van der Waals surface area contributed by atoms with Gasteiger partial charge in [-0.25, -0.2) is 4.79 Å². The quantitative estimate of drug-likeness (QED) is 0.795. The third-order valence-electron chi connectivity index (χ3n) is 3.52. The maximum atomic E-state index is 12.3. The summed E-state index contributed by atoms with van der Waals surface area (Å²) in [7, 11) is 1.59. The van der Waals surface area contributed by atoms with Crippen LogP contribution in [0.15, 0.2) is 30.4 Å². The highest BCUT2D eigenvalue weighted by atomic mass is 16.5. The van der Waals surface area contributed by atoms with E-state index in [1.807, 2.05) is 0 Å². The number of ether oxygens (including phenoxy) is 1. The van der Waals surface area contributed by atoms with E-state index in [1.165, 1.54) is 17.0 Å². The first-order valence-electron chi connectivity index (χ1n) is 7.12. The standard InChI is InChI=1S/C16H18N2O5/c1-3-4-5-11(16(21)22)17-15(20)10-6-7-13-12(8-10)18(2)14(19)9-23-13/h3-4,6-8,11H,5,9H2,1-2H3,(H,17,20)(H,21,22)/b4-3+. The number of carboxylic acid groups (broad SMARTS) is 1. The normalized spacial score (nSPS) is 15.0. The molecule has 0 aliphatic carbocycles. The Morgan fingerprint density at radius 2 is 2.22 bits per heavy atom. The summed E-state index contributed by atoms with van der Waals surface area (Å²) in [5.74, 6) is -1.33. The van der Waals surface area contributed by atoms with Crippen molar-refractivity contribution in [3.63, 3.8) is 0 Å². The maximum absolute atomic E-state index is 12.3. The molecule has 23 heavy (non-hydrogen) atoms. The number of allylic oxidation sites excluding steroid dienone is 1. The van der Waals surface area contributed by atoms with Crippen molar-refractivity contribution in [1.82, 2.24) is 5.32 Å². The number of likely N-dealkylation sites (N-methyl/N-ethyl adjacent to an activating group) is 1. The Morgan fingerprint density at radius 1 is 1.48 bits per heavy atom. The number of carbonyl (C=O) groups excluding carboxylic acids is 2. The predicted octanol–water partition coefficient (Wildman–Crippen LogP) is 1.19. The smallest absolute Gasteiger partial charge is 0.326 e. The highest BCUT2D eigenvalue weighted by molar-refractivity contribution is 6.01. The van der Waals surface area contributed by atoms with E-state index in [0.717, 1.165) is 0 Å². The van der Waals surface area contributed by atoms with Gasteiger partial charge in [0, 0.05) is 12.6 Å². The lowest BCUT2D eigenvalue weighted by atomic mass is 10.1. The van der Waals surface area contributed by atoms with E-state index in [1.54, 1.807) is 32.2 Å². The lowest BCUT2D eigenvalue weighted by Gasteiger charge is -2.26. The second kappa shape index (κ2) is 6.95. The van der Waals surface area contributed by atoms with Crippen molar-refractivity contribution < 1.29 is 24.2 Å². The SMILES string of the molecule is C/C=C/CC(NC(=O)c1ccc2c(c1)N(C)C(=O)CO2)C(=O)O. The molecule has 1 heterocycles. The Morgan fingerprint density at radius 3 is 2.87 bits per heavy atom. The van der Waals surface area contributed by atoms with Crippen LogP contribution >= 0.6 is 0 Å². The summed E-state index contributed by atoms with van der Waals surface area (Å²) in [6, 6.07) is 3.63. The van der Waals surface area contributed by atoms with E-state index in [0.29, 0.717) is 11.4 Å². The van der Waals surface area contributed by atoms with Gasteiger partial charge in [-0.1, -0.05) is 12.2 Å². The Kier molecular flexibility index (Phi) is 5.00. The van der Waals surface area contributed by atoms with Crippen LogP contribution in [0.1, 0.15) is 23.7 Å². The third-order valence-corrected chi connectivity index (χ3v) is 3.52. The monoisotopic (exact) mass is 318 g/mol. The zero-order valence-electron chi connectivity index (χ0n) is 12.9. The summed E-state index contributed by atoms with van der Waals surface area (Å²) in [4.78, 5) is 36.5. The summed E-state index contributed by atoms with van der Waals surface area (Å²) in [5.41, 5.74) is 0.745. The van der Waals surface area contributed by atoms with Gasteiger partial charge in [0.05, 0.1) is 5.69 Å². The van der Waals surface area contributed by atoms with E-state index in [4.69, 9.17) is 9.84 Å². The largest absolute Gasteiger partial charge is 0.482 e. The van der Waals surface area contributed by atoms with Crippen LogP contribution in [0.3, 0.4) is 0 Å². The third kappa shape index (κ3) is 3.68. The maximum Gasteiger partial charge on any atom is 0.326 e. The molecule has 1 unspecified atom stereocenters. The Labute approximate surface area is 133 Å². The summed E-state index contributed by atoms with van der Waals surface area (Å²) < 4.78 is 5.29. The van der Waals surface area contributed by atoms with Crippen molar-refractivity contribution in [2.45, 2.75) is 19.4 Å². The van der Waals surface area contributed by atoms with Crippen LogP contribution in [0, 0.1) is 0 Å². The second-order valence-corrected chi connectivity index (χ2v) is 5.09. The Balaban J connectivity index is 2.19. The first-order chi connectivity index (χ1) is 10.9. The van der Waals surface area contributed by atoms with Gasteiger partial charge in [0.2, 0.25) is 0 Å². The minimum absolute atomic E-state index is 0.0422. The highest BCUT2D eigenvalue weighted by Gasteiger charge is 2.25. The van der Waals surface area contributed by atoms with E-state index in [-0.39, 0.29) is 24.5 Å². The predicted molar refractivity (Wildman–Crippen MR) is 83.7 cm³/mol. The molecule has 1 aliphatic rings. The first kappa shape index (κ1) is 16.5. The van der Waals surface area contributed by atoms with Crippen LogP contribution in [0.25, 0.3) is 0 Å². The summed E-state index contributed by atoms with van der Waals surface area (Å²) in [5, 5.41) is 11.6. The van der Waals surface area contributed by atoms with Gasteiger partial charge < -0.3 is 20.1 Å².